The summed E-state index contributed by atoms with van der Waals surface area (Å²) in [4.78, 5) is 39.9. The van der Waals surface area contributed by atoms with Crippen LogP contribution in [0.15, 0.2) is 29.6 Å². The van der Waals surface area contributed by atoms with Gasteiger partial charge in [-0.2, -0.15) is 0 Å². The molecule has 3 N–H and O–H groups in total. The molecular formula is C19H22N4O3S. The van der Waals surface area contributed by atoms with Crippen molar-refractivity contribution in [3.05, 3.63) is 40.9 Å². The van der Waals surface area contributed by atoms with E-state index in [1.807, 2.05) is 24.3 Å². The van der Waals surface area contributed by atoms with Crippen LogP contribution < -0.4 is 16.0 Å². The molecule has 3 rings (SSSR count). The van der Waals surface area contributed by atoms with E-state index in [0.29, 0.717) is 29.6 Å². The van der Waals surface area contributed by atoms with Crippen LogP contribution in [0, 0.1) is 0 Å². The molecule has 0 bridgehead atoms. The molecule has 7 nitrogen and oxygen atoms in total. The molecule has 2 aromatic rings. The first-order valence-electron chi connectivity index (χ1n) is 8.86. The van der Waals surface area contributed by atoms with Gasteiger partial charge in [0.25, 0.3) is 0 Å². The summed E-state index contributed by atoms with van der Waals surface area (Å²) in [6, 6.07) is 7.21. The first kappa shape index (κ1) is 19.0. The average Bonchev–Trinajstić information content (AvgIpc) is 3.24. The quantitative estimate of drug-likeness (QED) is 0.710. The van der Waals surface area contributed by atoms with E-state index in [4.69, 9.17) is 0 Å². The Balaban J connectivity index is 1.57. The number of anilines is 2. The molecule has 1 atom stereocenters. The fourth-order valence-electron chi connectivity index (χ4n) is 2.92. The topological polar surface area (TPSA) is 100 Å². The first-order chi connectivity index (χ1) is 12.9. The van der Waals surface area contributed by atoms with E-state index in [0.717, 1.165) is 11.3 Å². The highest BCUT2D eigenvalue weighted by molar-refractivity contribution is 7.13. The van der Waals surface area contributed by atoms with E-state index in [1.54, 1.807) is 5.38 Å². The molecule has 1 aliphatic rings. The second kappa shape index (κ2) is 8.30. The van der Waals surface area contributed by atoms with Gasteiger partial charge in [0.1, 0.15) is 6.04 Å². The summed E-state index contributed by atoms with van der Waals surface area (Å²) in [5.74, 6) is -0.251. The Hall–Kier alpha value is -2.74. The van der Waals surface area contributed by atoms with Crippen molar-refractivity contribution >= 4 is 39.9 Å². The van der Waals surface area contributed by atoms with E-state index in [-0.39, 0.29) is 24.1 Å². The van der Waals surface area contributed by atoms with Crippen molar-refractivity contribution in [1.29, 1.82) is 0 Å². The van der Waals surface area contributed by atoms with Crippen LogP contribution in [0.25, 0.3) is 0 Å². The molecule has 142 valence electrons. The maximum absolute atomic E-state index is 12.4. The highest BCUT2D eigenvalue weighted by Crippen LogP contribution is 2.24. The van der Waals surface area contributed by atoms with Gasteiger partial charge in [-0.1, -0.05) is 32.0 Å². The van der Waals surface area contributed by atoms with Crippen molar-refractivity contribution in [3.63, 3.8) is 0 Å². The Bertz CT molecular complexity index is 862. The SMILES string of the molecule is CC(C)c1ccccc1NC(=O)Cc1csc(NC(=O)C2CCC(=O)N2)n1. The summed E-state index contributed by atoms with van der Waals surface area (Å²) in [6.07, 6.45) is 0.971. The highest BCUT2D eigenvalue weighted by atomic mass is 32.1. The number of benzene rings is 1. The number of rotatable bonds is 6. The predicted molar refractivity (Wildman–Crippen MR) is 105 cm³/mol. The third kappa shape index (κ3) is 4.91. The molecule has 1 unspecified atom stereocenters. The average molecular weight is 386 g/mol. The number of carbonyl (C=O) groups excluding carboxylic acids is 3. The van der Waals surface area contributed by atoms with Crippen LogP contribution in [0.3, 0.4) is 0 Å². The normalized spacial score (nSPS) is 16.3. The lowest BCUT2D eigenvalue weighted by atomic mass is 10.0. The van der Waals surface area contributed by atoms with Crippen molar-refractivity contribution < 1.29 is 14.4 Å². The summed E-state index contributed by atoms with van der Waals surface area (Å²) in [5, 5.41) is 10.4. The lowest BCUT2D eigenvalue weighted by molar-refractivity contribution is -0.122. The zero-order chi connectivity index (χ0) is 19.4. The minimum Gasteiger partial charge on any atom is -0.344 e. The smallest absolute Gasteiger partial charge is 0.248 e. The number of hydrogen-bond donors (Lipinski definition) is 3. The van der Waals surface area contributed by atoms with Crippen molar-refractivity contribution in [1.82, 2.24) is 10.3 Å². The van der Waals surface area contributed by atoms with Crippen LogP contribution in [0.2, 0.25) is 0 Å². The van der Waals surface area contributed by atoms with Crippen LogP contribution in [-0.4, -0.2) is 28.7 Å². The van der Waals surface area contributed by atoms with E-state index in [2.05, 4.69) is 34.8 Å². The van der Waals surface area contributed by atoms with Crippen LogP contribution in [0.1, 0.15) is 43.9 Å². The van der Waals surface area contributed by atoms with Gasteiger partial charge in [-0.25, -0.2) is 4.98 Å². The molecule has 1 aliphatic heterocycles. The summed E-state index contributed by atoms with van der Waals surface area (Å²) in [5.41, 5.74) is 2.47. The van der Waals surface area contributed by atoms with Crippen LogP contribution in [0.4, 0.5) is 10.8 Å². The highest BCUT2D eigenvalue weighted by Gasteiger charge is 2.27. The Kier molecular flexibility index (Phi) is 5.85. The number of aromatic nitrogens is 1. The minimum absolute atomic E-state index is 0.117. The maximum Gasteiger partial charge on any atom is 0.248 e. The Morgan fingerprint density at radius 3 is 2.78 bits per heavy atom. The molecule has 0 radical (unpaired) electrons. The number of thiazole rings is 1. The Labute approximate surface area is 161 Å². The number of hydrogen-bond acceptors (Lipinski definition) is 5. The second-order valence-electron chi connectivity index (χ2n) is 6.76. The molecule has 1 saturated heterocycles. The van der Waals surface area contributed by atoms with Crippen LogP contribution >= 0.6 is 11.3 Å². The number of nitrogens with zero attached hydrogens (tertiary/aromatic N) is 1. The van der Waals surface area contributed by atoms with Crippen LogP contribution in [0.5, 0.6) is 0 Å². The second-order valence-corrected chi connectivity index (χ2v) is 7.62. The minimum atomic E-state index is -0.513. The zero-order valence-electron chi connectivity index (χ0n) is 15.2. The fourth-order valence-corrected chi connectivity index (χ4v) is 3.64. The maximum atomic E-state index is 12.4. The molecule has 1 aromatic heterocycles. The van der Waals surface area contributed by atoms with Crippen molar-refractivity contribution in [3.8, 4) is 0 Å². The molecule has 1 fully saturated rings. The Morgan fingerprint density at radius 1 is 1.30 bits per heavy atom. The summed E-state index contributed by atoms with van der Waals surface area (Å²) >= 11 is 1.26. The van der Waals surface area contributed by atoms with Crippen molar-refractivity contribution in [2.45, 2.75) is 45.1 Å². The molecule has 0 aliphatic carbocycles. The van der Waals surface area contributed by atoms with Gasteiger partial charge in [0.15, 0.2) is 5.13 Å². The summed E-state index contributed by atoms with van der Waals surface area (Å²) in [7, 11) is 0. The van der Waals surface area contributed by atoms with Gasteiger partial charge in [0.2, 0.25) is 17.7 Å². The van der Waals surface area contributed by atoms with Gasteiger partial charge in [-0.3, -0.25) is 14.4 Å². The van der Waals surface area contributed by atoms with Crippen molar-refractivity contribution in [2.75, 3.05) is 10.6 Å². The third-order valence-electron chi connectivity index (χ3n) is 4.29. The third-order valence-corrected chi connectivity index (χ3v) is 5.10. The number of nitrogens with one attached hydrogen (secondary N) is 3. The molecule has 0 saturated carbocycles. The van der Waals surface area contributed by atoms with E-state index in [1.165, 1.54) is 11.3 Å². The van der Waals surface area contributed by atoms with E-state index in [9.17, 15) is 14.4 Å². The monoisotopic (exact) mass is 386 g/mol. The fraction of sp³-hybridized carbons (Fsp3) is 0.368. The molecule has 2 heterocycles. The van der Waals surface area contributed by atoms with Gasteiger partial charge in [-0.05, 0) is 24.0 Å². The van der Waals surface area contributed by atoms with Gasteiger partial charge in [-0.15, -0.1) is 11.3 Å². The molecule has 3 amide bonds. The Morgan fingerprint density at radius 2 is 2.07 bits per heavy atom. The molecule has 0 spiro atoms. The van der Waals surface area contributed by atoms with E-state index >= 15 is 0 Å². The van der Waals surface area contributed by atoms with E-state index < -0.39 is 6.04 Å². The number of para-hydroxylation sites is 1. The zero-order valence-corrected chi connectivity index (χ0v) is 16.1. The standard InChI is InChI=1S/C19H22N4O3S/c1-11(2)13-5-3-4-6-14(13)21-17(25)9-12-10-27-19(20-12)23-18(26)15-7-8-16(24)22-15/h3-6,10-11,15H,7-9H2,1-2H3,(H,21,25)(H,22,24)(H,20,23,26). The molecule has 27 heavy (non-hydrogen) atoms. The van der Waals surface area contributed by atoms with Crippen molar-refractivity contribution in [2.24, 2.45) is 0 Å². The molecular weight excluding hydrogens is 364 g/mol. The van der Waals surface area contributed by atoms with Gasteiger partial charge in [0.05, 0.1) is 12.1 Å². The van der Waals surface area contributed by atoms with Gasteiger partial charge >= 0.3 is 0 Å². The van der Waals surface area contributed by atoms with Crippen LogP contribution in [-0.2, 0) is 20.8 Å². The predicted octanol–water partition coefficient (Wildman–Crippen LogP) is 2.66. The van der Waals surface area contributed by atoms with Gasteiger partial charge in [0, 0.05) is 17.5 Å². The first-order valence-corrected chi connectivity index (χ1v) is 9.73. The van der Waals surface area contributed by atoms with Gasteiger partial charge < -0.3 is 16.0 Å². The molecule has 1 aromatic carbocycles. The largest absolute Gasteiger partial charge is 0.344 e. The lowest BCUT2D eigenvalue weighted by Crippen LogP contribution is -2.37. The summed E-state index contributed by atoms with van der Waals surface area (Å²) in [6.45, 7) is 4.15. The molecule has 8 heteroatoms. The summed E-state index contributed by atoms with van der Waals surface area (Å²) < 4.78 is 0. The number of carbonyl (C=O) groups is 3. The number of amides is 3. The lowest BCUT2D eigenvalue weighted by Gasteiger charge is -2.13.